The number of hydrogen-bond donors (Lipinski definition) is 4. The Hall–Kier alpha value is -1.04. The highest BCUT2D eigenvalue weighted by Gasteiger charge is 2.25. The van der Waals surface area contributed by atoms with Gasteiger partial charge in [0.25, 0.3) is 5.91 Å². The van der Waals surface area contributed by atoms with Crippen molar-refractivity contribution in [3.05, 3.63) is 24.0 Å². The molecule has 1 fully saturated rings. The molecule has 0 bridgehead atoms. The van der Waals surface area contributed by atoms with Crippen LogP contribution in [-0.2, 0) is 0 Å². The maximum absolute atomic E-state index is 11.5. The summed E-state index contributed by atoms with van der Waals surface area (Å²) in [5.41, 5.74) is 0.551. The lowest BCUT2D eigenvalue weighted by atomic mass is 10.1. The molecule has 1 aromatic heterocycles. The van der Waals surface area contributed by atoms with Crippen LogP contribution >= 0.6 is 12.4 Å². The molecule has 4 N–H and O–H groups in total. The van der Waals surface area contributed by atoms with Gasteiger partial charge in [-0.15, -0.1) is 12.4 Å². The van der Waals surface area contributed by atoms with Gasteiger partial charge in [-0.2, -0.15) is 0 Å². The summed E-state index contributed by atoms with van der Waals surface area (Å²) in [7, 11) is 0. The van der Waals surface area contributed by atoms with Crippen molar-refractivity contribution in [3.63, 3.8) is 0 Å². The normalized spacial score (nSPS) is 23.8. The molecule has 0 aliphatic carbocycles. The molecule has 1 aromatic rings. The number of carbonyl (C=O) groups excluding carboxylic acids is 1. The molecule has 1 saturated heterocycles. The monoisotopic (exact) mass is 245 g/mol. The van der Waals surface area contributed by atoms with Crippen LogP contribution in [0.5, 0.6) is 0 Å². The molecule has 0 radical (unpaired) electrons. The van der Waals surface area contributed by atoms with Gasteiger partial charge in [-0.1, -0.05) is 0 Å². The Morgan fingerprint density at radius 3 is 2.94 bits per heavy atom. The van der Waals surface area contributed by atoms with Crippen LogP contribution in [0.2, 0.25) is 0 Å². The van der Waals surface area contributed by atoms with E-state index in [1.807, 2.05) is 0 Å². The van der Waals surface area contributed by atoms with Gasteiger partial charge in [0, 0.05) is 31.7 Å². The van der Waals surface area contributed by atoms with E-state index < -0.39 is 0 Å². The number of aromatic nitrogens is 1. The van der Waals surface area contributed by atoms with Crippen LogP contribution in [0, 0.1) is 5.92 Å². The number of amides is 1. The number of nitrogens with one attached hydrogen (secondary N) is 3. The third kappa shape index (κ3) is 2.98. The van der Waals surface area contributed by atoms with Crippen molar-refractivity contribution in [2.75, 3.05) is 19.6 Å². The highest BCUT2D eigenvalue weighted by Crippen LogP contribution is 2.07. The molecule has 0 saturated carbocycles. The van der Waals surface area contributed by atoms with Crippen LogP contribution in [0.15, 0.2) is 18.3 Å². The molecule has 2 atom stereocenters. The van der Waals surface area contributed by atoms with Gasteiger partial charge in [0.05, 0.1) is 6.10 Å². The first-order chi connectivity index (χ1) is 7.27. The number of carbonyl (C=O) groups is 1. The van der Waals surface area contributed by atoms with Gasteiger partial charge in [-0.25, -0.2) is 0 Å². The van der Waals surface area contributed by atoms with Gasteiger partial charge in [-0.3, -0.25) is 4.79 Å². The van der Waals surface area contributed by atoms with E-state index in [1.54, 1.807) is 18.3 Å². The highest BCUT2D eigenvalue weighted by atomic mass is 35.5. The van der Waals surface area contributed by atoms with Crippen molar-refractivity contribution in [3.8, 4) is 0 Å². The zero-order chi connectivity index (χ0) is 10.7. The smallest absolute Gasteiger partial charge is 0.267 e. The van der Waals surface area contributed by atoms with Crippen molar-refractivity contribution >= 4 is 18.3 Å². The molecule has 1 amide bonds. The van der Waals surface area contributed by atoms with E-state index in [2.05, 4.69) is 15.6 Å². The minimum absolute atomic E-state index is 0. The van der Waals surface area contributed by atoms with E-state index in [0.717, 1.165) is 6.54 Å². The van der Waals surface area contributed by atoms with Crippen LogP contribution in [0.3, 0.4) is 0 Å². The molecule has 16 heavy (non-hydrogen) atoms. The molecule has 0 spiro atoms. The number of hydrogen-bond acceptors (Lipinski definition) is 3. The van der Waals surface area contributed by atoms with E-state index in [-0.39, 0.29) is 30.3 Å². The summed E-state index contributed by atoms with van der Waals surface area (Å²) in [5.74, 6) is -0.0111. The van der Waals surface area contributed by atoms with E-state index in [4.69, 9.17) is 0 Å². The highest BCUT2D eigenvalue weighted by molar-refractivity contribution is 5.92. The van der Waals surface area contributed by atoms with Crippen molar-refractivity contribution < 1.29 is 9.90 Å². The quantitative estimate of drug-likeness (QED) is 0.593. The lowest BCUT2D eigenvalue weighted by Gasteiger charge is -2.13. The van der Waals surface area contributed by atoms with Gasteiger partial charge < -0.3 is 20.7 Å². The Morgan fingerprint density at radius 2 is 2.38 bits per heavy atom. The second-order valence-electron chi connectivity index (χ2n) is 3.78. The summed E-state index contributed by atoms with van der Waals surface area (Å²) in [6, 6.07) is 3.50. The lowest BCUT2D eigenvalue weighted by Crippen LogP contribution is -2.34. The number of β-amino-alcohol motifs (C(OH)–C–C–N with tert-alkyl or cyclic N) is 1. The maximum Gasteiger partial charge on any atom is 0.267 e. The molecule has 1 aliphatic heterocycles. The largest absolute Gasteiger partial charge is 0.391 e. The van der Waals surface area contributed by atoms with Crippen LogP contribution in [0.25, 0.3) is 0 Å². The zero-order valence-electron chi connectivity index (χ0n) is 8.77. The molecular formula is C10H16ClN3O2. The summed E-state index contributed by atoms with van der Waals surface area (Å²) in [6.07, 6.45) is 1.36. The van der Waals surface area contributed by atoms with Crippen LogP contribution < -0.4 is 10.6 Å². The van der Waals surface area contributed by atoms with Gasteiger partial charge in [-0.05, 0) is 12.1 Å². The summed E-state index contributed by atoms with van der Waals surface area (Å²) >= 11 is 0. The number of aromatic amines is 1. The summed E-state index contributed by atoms with van der Waals surface area (Å²) in [6.45, 7) is 1.88. The molecule has 0 aromatic carbocycles. The number of aliphatic hydroxyl groups excluding tert-OH is 1. The second-order valence-corrected chi connectivity index (χ2v) is 3.78. The maximum atomic E-state index is 11.5. The van der Waals surface area contributed by atoms with Crippen LogP contribution in [-0.4, -0.2) is 41.7 Å². The van der Waals surface area contributed by atoms with E-state index in [1.165, 1.54) is 0 Å². The second kappa shape index (κ2) is 5.89. The lowest BCUT2D eigenvalue weighted by molar-refractivity contribution is 0.0923. The average molecular weight is 246 g/mol. The third-order valence-corrected chi connectivity index (χ3v) is 2.67. The first-order valence-electron chi connectivity index (χ1n) is 5.08. The Kier molecular flexibility index (Phi) is 4.79. The van der Waals surface area contributed by atoms with Crippen LogP contribution in [0.1, 0.15) is 10.5 Å². The van der Waals surface area contributed by atoms with E-state index in [9.17, 15) is 9.90 Å². The van der Waals surface area contributed by atoms with Crippen molar-refractivity contribution in [2.24, 2.45) is 5.92 Å². The fourth-order valence-corrected chi connectivity index (χ4v) is 1.72. The summed E-state index contributed by atoms with van der Waals surface area (Å²) in [5, 5.41) is 15.4. The number of rotatable bonds is 3. The summed E-state index contributed by atoms with van der Waals surface area (Å²) < 4.78 is 0. The average Bonchev–Trinajstić information content (AvgIpc) is 2.85. The fourth-order valence-electron chi connectivity index (χ4n) is 1.72. The van der Waals surface area contributed by atoms with Gasteiger partial charge in [0.2, 0.25) is 0 Å². The first-order valence-corrected chi connectivity index (χ1v) is 5.08. The molecule has 2 heterocycles. The Morgan fingerprint density at radius 1 is 1.56 bits per heavy atom. The molecule has 1 aliphatic rings. The van der Waals surface area contributed by atoms with E-state index in [0.29, 0.717) is 18.8 Å². The van der Waals surface area contributed by atoms with Crippen molar-refractivity contribution in [2.45, 2.75) is 6.10 Å². The molecular weight excluding hydrogens is 230 g/mol. The Balaban J connectivity index is 0.00000128. The third-order valence-electron chi connectivity index (χ3n) is 2.67. The molecule has 90 valence electrons. The first kappa shape index (κ1) is 13.0. The van der Waals surface area contributed by atoms with Crippen molar-refractivity contribution in [1.29, 1.82) is 0 Å². The Labute approximate surface area is 100 Å². The van der Waals surface area contributed by atoms with Gasteiger partial charge in [0.15, 0.2) is 0 Å². The molecule has 6 heteroatoms. The standard InChI is InChI=1S/C10H15N3O2.ClH/c14-9-6-11-4-7(9)5-13-10(15)8-2-1-3-12-8;/h1-3,7,9,11-12,14H,4-6H2,(H,13,15);1H. The topological polar surface area (TPSA) is 77.2 Å². The Bertz CT molecular complexity index is 329. The van der Waals surface area contributed by atoms with Gasteiger partial charge in [0.1, 0.15) is 5.69 Å². The molecule has 2 unspecified atom stereocenters. The number of halogens is 1. The fraction of sp³-hybridized carbons (Fsp3) is 0.500. The number of H-pyrrole nitrogens is 1. The van der Waals surface area contributed by atoms with Gasteiger partial charge >= 0.3 is 0 Å². The minimum atomic E-state index is -0.353. The van der Waals surface area contributed by atoms with Crippen LogP contribution in [0.4, 0.5) is 0 Å². The predicted molar refractivity (Wildman–Crippen MR) is 62.7 cm³/mol. The SMILES string of the molecule is Cl.O=C(NCC1CNCC1O)c1ccc[nH]1. The van der Waals surface area contributed by atoms with Crippen molar-refractivity contribution in [1.82, 2.24) is 15.6 Å². The number of aliphatic hydroxyl groups is 1. The minimum Gasteiger partial charge on any atom is -0.391 e. The molecule has 5 nitrogen and oxygen atoms in total. The summed E-state index contributed by atoms with van der Waals surface area (Å²) in [4.78, 5) is 14.4. The predicted octanol–water partition coefficient (Wildman–Crippen LogP) is -0.253. The zero-order valence-corrected chi connectivity index (χ0v) is 9.59. The van der Waals surface area contributed by atoms with E-state index >= 15 is 0 Å². The molecule has 2 rings (SSSR count).